The molecule has 0 unspecified atom stereocenters. The highest BCUT2D eigenvalue weighted by atomic mass is 16.5. The summed E-state index contributed by atoms with van der Waals surface area (Å²) in [5.41, 5.74) is 1.68. The first-order valence-electron chi connectivity index (χ1n) is 6.96. The van der Waals surface area contributed by atoms with Crippen molar-refractivity contribution in [2.45, 2.75) is 20.1 Å². The summed E-state index contributed by atoms with van der Waals surface area (Å²) in [7, 11) is 0. The van der Waals surface area contributed by atoms with Gasteiger partial charge in [-0.15, -0.1) is 5.10 Å². The molecule has 1 aromatic heterocycles. The van der Waals surface area contributed by atoms with Crippen LogP contribution in [0, 0.1) is 0 Å². The van der Waals surface area contributed by atoms with Crippen LogP contribution in [0.2, 0.25) is 0 Å². The average Bonchev–Trinajstić information content (AvgIpc) is 2.55. The van der Waals surface area contributed by atoms with Gasteiger partial charge in [0.25, 0.3) is 11.3 Å². The lowest BCUT2D eigenvalue weighted by Gasteiger charge is -2.10. The summed E-state index contributed by atoms with van der Waals surface area (Å²) in [6, 6.07) is 17.2. The van der Waals surface area contributed by atoms with E-state index in [1.165, 1.54) is 0 Å². The number of para-hydroxylation sites is 1. The zero-order valence-corrected chi connectivity index (χ0v) is 11.8. The number of ether oxygens (including phenoxy) is 1. The highest BCUT2D eigenvalue weighted by Crippen LogP contribution is 2.13. The first kappa shape index (κ1) is 13.4. The first-order valence-corrected chi connectivity index (χ1v) is 6.96. The minimum Gasteiger partial charge on any atom is -0.469 e. The minimum atomic E-state index is -0.161. The van der Waals surface area contributed by atoms with Gasteiger partial charge in [-0.3, -0.25) is 9.48 Å². The maximum absolute atomic E-state index is 12.4. The highest BCUT2D eigenvalue weighted by molar-refractivity contribution is 5.79. The Labute approximate surface area is 122 Å². The molecule has 0 aliphatic rings. The lowest BCUT2D eigenvalue weighted by atomic mass is 10.2. The molecule has 0 bridgehead atoms. The van der Waals surface area contributed by atoms with E-state index in [2.05, 4.69) is 5.10 Å². The molecule has 0 aliphatic heterocycles. The van der Waals surface area contributed by atoms with E-state index in [4.69, 9.17) is 4.74 Å². The Morgan fingerprint density at radius 3 is 2.52 bits per heavy atom. The Morgan fingerprint density at radius 1 is 1.05 bits per heavy atom. The molecule has 106 valence electrons. The SMILES string of the molecule is CCn1nc(OCc2ccccc2)c(=O)c2ccccc21. The molecule has 0 saturated heterocycles. The average molecular weight is 280 g/mol. The summed E-state index contributed by atoms with van der Waals surface area (Å²) in [5, 5.41) is 4.95. The lowest BCUT2D eigenvalue weighted by molar-refractivity contribution is 0.283. The fraction of sp³-hybridized carbons (Fsp3) is 0.176. The maximum atomic E-state index is 12.4. The van der Waals surface area contributed by atoms with Crippen LogP contribution in [-0.2, 0) is 13.2 Å². The third-order valence-electron chi connectivity index (χ3n) is 3.35. The van der Waals surface area contributed by atoms with Gasteiger partial charge in [0, 0.05) is 6.54 Å². The van der Waals surface area contributed by atoms with Crippen molar-refractivity contribution in [3.8, 4) is 5.88 Å². The van der Waals surface area contributed by atoms with E-state index in [1.54, 1.807) is 10.7 Å². The summed E-state index contributed by atoms with van der Waals surface area (Å²) >= 11 is 0. The summed E-state index contributed by atoms with van der Waals surface area (Å²) in [4.78, 5) is 12.4. The van der Waals surface area contributed by atoms with Crippen LogP contribution in [0.1, 0.15) is 12.5 Å². The number of aromatic nitrogens is 2. The van der Waals surface area contributed by atoms with Gasteiger partial charge in [-0.05, 0) is 24.6 Å². The third kappa shape index (κ3) is 2.65. The molecule has 0 saturated carbocycles. The van der Waals surface area contributed by atoms with Crippen molar-refractivity contribution in [2.24, 2.45) is 0 Å². The van der Waals surface area contributed by atoms with E-state index < -0.39 is 0 Å². The topological polar surface area (TPSA) is 44.1 Å². The van der Waals surface area contributed by atoms with Crippen molar-refractivity contribution in [3.63, 3.8) is 0 Å². The second-order valence-corrected chi connectivity index (χ2v) is 4.74. The predicted octanol–water partition coefficient (Wildman–Crippen LogP) is 3.00. The van der Waals surface area contributed by atoms with Crippen LogP contribution in [0.5, 0.6) is 5.88 Å². The van der Waals surface area contributed by atoms with Gasteiger partial charge in [0.2, 0.25) is 0 Å². The maximum Gasteiger partial charge on any atom is 0.280 e. The molecule has 0 fully saturated rings. The fourth-order valence-electron chi connectivity index (χ4n) is 2.28. The fourth-order valence-corrected chi connectivity index (χ4v) is 2.28. The van der Waals surface area contributed by atoms with Gasteiger partial charge in [0.15, 0.2) is 0 Å². The minimum absolute atomic E-state index is 0.152. The number of rotatable bonds is 4. The Kier molecular flexibility index (Phi) is 3.69. The number of benzene rings is 2. The van der Waals surface area contributed by atoms with Crippen LogP contribution in [-0.4, -0.2) is 9.78 Å². The number of hydrogen-bond donors (Lipinski definition) is 0. The van der Waals surface area contributed by atoms with Gasteiger partial charge in [-0.1, -0.05) is 42.5 Å². The number of aryl methyl sites for hydroxylation is 1. The predicted molar refractivity (Wildman–Crippen MR) is 82.5 cm³/mol. The Hall–Kier alpha value is -2.62. The lowest BCUT2D eigenvalue weighted by Crippen LogP contribution is -2.17. The van der Waals surface area contributed by atoms with E-state index in [1.807, 2.05) is 55.5 Å². The number of fused-ring (bicyclic) bond motifs is 1. The summed E-state index contributed by atoms with van der Waals surface area (Å²) < 4.78 is 7.42. The largest absolute Gasteiger partial charge is 0.469 e. The van der Waals surface area contributed by atoms with Gasteiger partial charge in [0.1, 0.15) is 6.61 Å². The molecule has 3 rings (SSSR count). The van der Waals surface area contributed by atoms with Gasteiger partial charge >= 0.3 is 0 Å². The molecule has 0 aliphatic carbocycles. The third-order valence-corrected chi connectivity index (χ3v) is 3.35. The number of hydrogen-bond acceptors (Lipinski definition) is 3. The molecule has 1 heterocycles. The second-order valence-electron chi connectivity index (χ2n) is 4.74. The van der Waals surface area contributed by atoms with E-state index in [0.29, 0.717) is 18.5 Å². The molecule has 0 amide bonds. The molecule has 0 N–H and O–H groups in total. The molecule has 4 heteroatoms. The molecule has 21 heavy (non-hydrogen) atoms. The van der Waals surface area contributed by atoms with Crippen molar-refractivity contribution in [2.75, 3.05) is 0 Å². The molecule has 2 aromatic carbocycles. The van der Waals surface area contributed by atoms with Crippen molar-refractivity contribution >= 4 is 10.9 Å². The molecular weight excluding hydrogens is 264 g/mol. The normalized spacial score (nSPS) is 10.7. The van der Waals surface area contributed by atoms with Crippen molar-refractivity contribution < 1.29 is 4.74 Å². The highest BCUT2D eigenvalue weighted by Gasteiger charge is 2.10. The monoisotopic (exact) mass is 280 g/mol. The molecule has 0 spiro atoms. The Bertz CT molecular complexity index is 810. The Balaban J connectivity index is 1.99. The summed E-state index contributed by atoms with van der Waals surface area (Å²) in [6.07, 6.45) is 0. The van der Waals surface area contributed by atoms with Gasteiger partial charge in [-0.25, -0.2) is 0 Å². The van der Waals surface area contributed by atoms with E-state index in [0.717, 1.165) is 11.1 Å². The molecule has 0 radical (unpaired) electrons. The first-order chi connectivity index (χ1) is 10.3. The quantitative estimate of drug-likeness (QED) is 0.738. The second kappa shape index (κ2) is 5.79. The molecular formula is C17H16N2O2. The number of nitrogens with zero attached hydrogens (tertiary/aromatic N) is 2. The van der Waals surface area contributed by atoms with Gasteiger partial charge in [0.05, 0.1) is 10.9 Å². The van der Waals surface area contributed by atoms with Crippen molar-refractivity contribution in [1.29, 1.82) is 0 Å². The summed E-state index contributed by atoms with van der Waals surface area (Å²) in [6.45, 7) is 3.01. The van der Waals surface area contributed by atoms with Crippen molar-refractivity contribution in [3.05, 3.63) is 70.4 Å². The zero-order chi connectivity index (χ0) is 14.7. The smallest absolute Gasteiger partial charge is 0.280 e. The van der Waals surface area contributed by atoms with Crippen LogP contribution in [0.4, 0.5) is 0 Å². The van der Waals surface area contributed by atoms with E-state index in [-0.39, 0.29) is 11.3 Å². The van der Waals surface area contributed by atoms with Crippen LogP contribution < -0.4 is 10.2 Å². The van der Waals surface area contributed by atoms with Crippen LogP contribution >= 0.6 is 0 Å². The molecule has 4 nitrogen and oxygen atoms in total. The van der Waals surface area contributed by atoms with E-state index in [9.17, 15) is 4.79 Å². The Morgan fingerprint density at radius 2 is 1.76 bits per heavy atom. The van der Waals surface area contributed by atoms with E-state index >= 15 is 0 Å². The zero-order valence-electron chi connectivity index (χ0n) is 11.8. The van der Waals surface area contributed by atoms with Crippen LogP contribution in [0.3, 0.4) is 0 Å². The molecule has 3 aromatic rings. The summed E-state index contributed by atoms with van der Waals surface area (Å²) in [5.74, 6) is 0.152. The van der Waals surface area contributed by atoms with Gasteiger partial charge < -0.3 is 4.74 Å². The van der Waals surface area contributed by atoms with Gasteiger partial charge in [-0.2, -0.15) is 0 Å². The van der Waals surface area contributed by atoms with Crippen molar-refractivity contribution in [1.82, 2.24) is 9.78 Å². The van der Waals surface area contributed by atoms with Crippen LogP contribution in [0.25, 0.3) is 10.9 Å². The molecule has 0 atom stereocenters. The standard InChI is InChI=1S/C17H16N2O2/c1-2-19-15-11-7-6-10-14(15)16(20)17(18-19)21-12-13-8-4-3-5-9-13/h3-11H,2,12H2,1H3. The van der Waals surface area contributed by atoms with Crippen LogP contribution in [0.15, 0.2) is 59.4 Å².